The molecule has 0 saturated heterocycles. The lowest BCUT2D eigenvalue weighted by molar-refractivity contribution is -0.00386. The van der Waals surface area contributed by atoms with E-state index in [1.54, 1.807) is 0 Å². The predicted octanol–water partition coefficient (Wildman–Crippen LogP) is 6.72. The number of ether oxygens (including phenoxy) is 1. The molecule has 5 rings (SSSR count). The van der Waals surface area contributed by atoms with Crippen molar-refractivity contribution in [1.82, 2.24) is 5.32 Å². The molecule has 0 aromatic heterocycles. The number of nitrogens with one attached hydrogen (secondary N) is 1. The zero-order valence-corrected chi connectivity index (χ0v) is 16.7. The number of fused-ring (bicyclic) bond motifs is 2. The van der Waals surface area contributed by atoms with Gasteiger partial charge in [0.2, 0.25) is 0 Å². The van der Waals surface area contributed by atoms with Crippen molar-refractivity contribution >= 4 is 10.8 Å². The van der Waals surface area contributed by atoms with Gasteiger partial charge in [0.05, 0.1) is 0 Å². The van der Waals surface area contributed by atoms with Gasteiger partial charge in [-0.3, -0.25) is 0 Å². The van der Waals surface area contributed by atoms with Crippen LogP contribution in [-0.2, 0) is 0 Å². The summed E-state index contributed by atoms with van der Waals surface area (Å²) in [6.45, 7) is 2.30. The molecule has 1 spiro atoms. The molecule has 2 aliphatic rings. The average Bonchev–Trinajstić information content (AvgIpc) is 2.74. The fraction of sp³-hybridized carbons (Fsp3) is 0.385. The smallest absolute Gasteiger partial charge is 0.124 e. The zero-order chi connectivity index (χ0) is 19.0. The third-order valence-corrected chi connectivity index (χ3v) is 6.70. The molecule has 144 valence electrons. The number of benzene rings is 3. The number of hydrogen-bond acceptors (Lipinski definition) is 2. The van der Waals surface area contributed by atoms with Gasteiger partial charge in [0.25, 0.3) is 0 Å². The highest BCUT2D eigenvalue weighted by Crippen LogP contribution is 2.46. The van der Waals surface area contributed by atoms with Gasteiger partial charge in [0.15, 0.2) is 0 Å². The van der Waals surface area contributed by atoms with Crippen LogP contribution >= 0.6 is 0 Å². The van der Waals surface area contributed by atoms with Crippen molar-refractivity contribution in [3.05, 3.63) is 77.9 Å². The second-order valence-corrected chi connectivity index (χ2v) is 8.60. The standard InChI is InChI=1S/C26H29NO/c1-19(21-14-9-11-20-10-3-4-12-22(20)21)27-24-18-26(16-7-2-8-17-26)28-25-15-6-5-13-23(24)25/h3-6,9-15,19,24,27H,2,7-8,16-18H2,1H3/t19?,24-/m1/s1. The Bertz CT molecular complexity index is 968. The maximum Gasteiger partial charge on any atom is 0.124 e. The Labute approximate surface area is 167 Å². The third-order valence-electron chi connectivity index (χ3n) is 6.70. The lowest BCUT2D eigenvalue weighted by Crippen LogP contribution is -2.45. The summed E-state index contributed by atoms with van der Waals surface area (Å²) in [4.78, 5) is 0. The minimum absolute atomic E-state index is 0.0166. The molecule has 1 aliphatic heterocycles. The maximum absolute atomic E-state index is 6.61. The molecule has 1 N–H and O–H groups in total. The van der Waals surface area contributed by atoms with E-state index in [1.165, 1.54) is 54.0 Å². The van der Waals surface area contributed by atoms with Crippen molar-refractivity contribution in [2.45, 2.75) is 63.1 Å². The third kappa shape index (κ3) is 3.20. The second-order valence-electron chi connectivity index (χ2n) is 8.60. The first-order chi connectivity index (χ1) is 13.7. The lowest BCUT2D eigenvalue weighted by Gasteiger charge is -2.45. The van der Waals surface area contributed by atoms with Crippen molar-refractivity contribution < 1.29 is 4.74 Å². The van der Waals surface area contributed by atoms with E-state index in [-0.39, 0.29) is 11.6 Å². The Balaban J connectivity index is 1.47. The van der Waals surface area contributed by atoms with E-state index in [2.05, 4.69) is 79.0 Å². The highest BCUT2D eigenvalue weighted by atomic mass is 16.5. The summed E-state index contributed by atoms with van der Waals surface area (Å²) in [6, 6.07) is 24.6. The van der Waals surface area contributed by atoms with E-state index in [4.69, 9.17) is 4.74 Å². The molecule has 0 bridgehead atoms. The van der Waals surface area contributed by atoms with Gasteiger partial charge in [-0.2, -0.15) is 0 Å². The monoisotopic (exact) mass is 371 g/mol. The van der Waals surface area contributed by atoms with Crippen LogP contribution in [0.3, 0.4) is 0 Å². The molecule has 2 nitrogen and oxygen atoms in total. The molecule has 2 heteroatoms. The van der Waals surface area contributed by atoms with Gasteiger partial charge in [-0.15, -0.1) is 0 Å². The highest BCUT2D eigenvalue weighted by molar-refractivity contribution is 5.86. The van der Waals surface area contributed by atoms with Crippen LogP contribution in [0.4, 0.5) is 0 Å². The SMILES string of the molecule is CC(N[C@@H]1CC2(CCCCC2)Oc2ccccc21)c1cccc2ccccc12. The van der Waals surface area contributed by atoms with Crippen molar-refractivity contribution in [1.29, 1.82) is 0 Å². The summed E-state index contributed by atoms with van der Waals surface area (Å²) in [6.07, 6.45) is 7.35. The van der Waals surface area contributed by atoms with E-state index >= 15 is 0 Å². The summed E-state index contributed by atoms with van der Waals surface area (Å²) in [7, 11) is 0. The maximum atomic E-state index is 6.61. The fourth-order valence-electron chi connectivity index (χ4n) is 5.29. The minimum Gasteiger partial charge on any atom is -0.487 e. The molecule has 28 heavy (non-hydrogen) atoms. The van der Waals surface area contributed by atoms with Gasteiger partial charge in [0, 0.05) is 24.1 Å². The van der Waals surface area contributed by atoms with E-state index in [9.17, 15) is 0 Å². The molecule has 1 heterocycles. The second kappa shape index (κ2) is 7.25. The van der Waals surface area contributed by atoms with Crippen LogP contribution in [-0.4, -0.2) is 5.60 Å². The summed E-state index contributed by atoms with van der Waals surface area (Å²) >= 11 is 0. The van der Waals surface area contributed by atoms with Crippen molar-refractivity contribution in [3.63, 3.8) is 0 Å². The summed E-state index contributed by atoms with van der Waals surface area (Å²) < 4.78 is 6.61. The molecule has 1 unspecified atom stereocenters. The zero-order valence-electron chi connectivity index (χ0n) is 16.7. The Hall–Kier alpha value is -2.32. The molecule has 1 fully saturated rings. The van der Waals surface area contributed by atoms with Gasteiger partial charge >= 0.3 is 0 Å². The molecule has 2 atom stereocenters. The topological polar surface area (TPSA) is 21.3 Å². The quantitative estimate of drug-likeness (QED) is 0.552. The van der Waals surface area contributed by atoms with Gasteiger partial charge < -0.3 is 10.1 Å². The van der Waals surface area contributed by atoms with Crippen LogP contribution in [0.15, 0.2) is 66.7 Å². The highest BCUT2D eigenvalue weighted by Gasteiger charge is 2.41. The molecule has 1 aliphatic carbocycles. The van der Waals surface area contributed by atoms with Crippen LogP contribution in [0.5, 0.6) is 5.75 Å². The van der Waals surface area contributed by atoms with Crippen LogP contribution < -0.4 is 10.1 Å². The molecule has 3 aromatic rings. The Morgan fingerprint density at radius 2 is 1.64 bits per heavy atom. The summed E-state index contributed by atoms with van der Waals surface area (Å²) in [5.74, 6) is 1.08. The van der Waals surface area contributed by atoms with E-state index in [0.717, 1.165) is 12.2 Å². The first kappa shape index (κ1) is 17.8. The Morgan fingerprint density at radius 3 is 2.54 bits per heavy atom. The van der Waals surface area contributed by atoms with Crippen LogP contribution in [0.25, 0.3) is 10.8 Å². The molecule has 0 amide bonds. The largest absolute Gasteiger partial charge is 0.487 e. The lowest BCUT2D eigenvalue weighted by atomic mass is 9.77. The normalized spacial score (nSPS) is 21.8. The number of rotatable bonds is 3. The van der Waals surface area contributed by atoms with Gasteiger partial charge in [0.1, 0.15) is 11.4 Å². The summed E-state index contributed by atoms with van der Waals surface area (Å²) in [5, 5.41) is 6.63. The number of para-hydroxylation sites is 1. The van der Waals surface area contributed by atoms with E-state index in [0.29, 0.717) is 6.04 Å². The van der Waals surface area contributed by atoms with Crippen molar-refractivity contribution in [3.8, 4) is 5.75 Å². The first-order valence-electron chi connectivity index (χ1n) is 10.8. The van der Waals surface area contributed by atoms with Crippen molar-refractivity contribution in [2.75, 3.05) is 0 Å². The first-order valence-corrected chi connectivity index (χ1v) is 10.8. The van der Waals surface area contributed by atoms with Gasteiger partial charge in [-0.25, -0.2) is 0 Å². The van der Waals surface area contributed by atoms with E-state index in [1.807, 2.05) is 0 Å². The number of hydrogen-bond donors (Lipinski definition) is 1. The Morgan fingerprint density at radius 1 is 0.893 bits per heavy atom. The predicted molar refractivity (Wildman–Crippen MR) is 116 cm³/mol. The molecule has 1 saturated carbocycles. The van der Waals surface area contributed by atoms with Gasteiger partial charge in [-0.1, -0.05) is 67.1 Å². The minimum atomic E-state index is 0.0166. The van der Waals surface area contributed by atoms with Crippen molar-refractivity contribution in [2.24, 2.45) is 0 Å². The van der Waals surface area contributed by atoms with Crippen LogP contribution in [0.1, 0.15) is 68.7 Å². The van der Waals surface area contributed by atoms with Gasteiger partial charge in [-0.05, 0) is 55.0 Å². The van der Waals surface area contributed by atoms with E-state index < -0.39 is 0 Å². The summed E-state index contributed by atoms with van der Waals surface area (Å²) in [5.41, 5.74) is 2.70. The molecule has 3 aromatic carbocycles. The van der Waals surface area contributed by atoms with Crippen LogP contribution in [0, 0.1) is 0 Å². The molecule has 0 radical (unpaired) electrons. The van der Waals surface area contributed by atoms with Crippen LogP contribution in [0.2, 0.25) is 0 Å². The fourth-order valence-corrected chi connectivity index (χ4v) is 5.29. The molecular formula is C26H29NO. The Kier molecular flexibility index (Phi) is 4.60. The average molecular weight is 372 g/mol. The molecular weight excluding hydrogens is 342 g/mol.